The van der Waals surface area contributed by atoms with E-state index in [4.69, 9.17) is 0 Å². The van der Waals surface area contributed by atoms with Crippen LogP contribution in [0.1, 0.15) is 0 Å². The largest absolute Gasteiger partial charge is 0.833 e. The van der Waals surface area contributed by atoms with Crippen molar-refractivity contribution >= 4 is 0 Å². The number of hydrogen-bond acceptors (Lipinski definition) is 2. The number of benzene rings is 2. The van der Waals surface area contributed by atoms with Crippen LogP contribution in [-0.2, 0) is 13.1 Å². The molecule has 3 rings (SSSR count). The molecule has 0 aliphatic rings. The van der Waals surface area contributed by atoms with Crippen LogP contribution in [-0.4, -0.2) is 45.6 Å². The molecule has 0 atom stereocenters. The van der Waals surface area contributed by atoms with Crippen LogP contribution in [0.3, 0.4) is 0 Å². The molecule has 0 aliphatic heterocycles. The van der Waals surface area contributed by atoms with E-state index in [-0.39, 0.29) is 26.6 Å². The molecule has 0 saturated heterocycles. The first kappa shape index (κ1) is 30.3. The Bertz CT molecular complexity index is 1150. The van der Waals surface area contributed by atoms with Crippen molar-refractivity contribution in [3.05, 3.63) is 67.0 Å². The van der Waals surface area contributed by atoms with Gasteiger partial charge in [-0.2, -0.15) is 52.7 Å². The number of hydrogen-bond donors (Lipinski definition) is 1. The highest BCUT2D eigenvalue weighted by Gasteiger charge is 2.72. The fraction of sp³-hybridized carbons (Fsp3) is 0.348. The van der Waals surface area contributed by atoms with Gasteiger partial charge in [0.1, 0.15) is 12.1 Å². The Morgan fingerprint density at radius 2 is 1.05 bits per heavy atom. The van der Waals surface area contributed by atoms with Crippen LogP contribution >= 0.6 is 0 Å². The monoisotopic (exact) mass is 580 g/mol. The van der Waals surface area contributed by atoms with Crippen LogP contribution in [0, 0.1) is 0 Å². The number of rotatable bonds is 6. The summed E-state index contributed by atoms with van der Waals surface area (Å²) in [7, 11) is 0. The number of halogens is 12. The summed E-state index contributed by atoms with van der Waals surface area (Å²) in [5.41, 5.74) is -13.1. The van der Waals surface area contributed by atoms with Crippen LogP contribution in [0.15, 0.2) is 67.0 Å². The van der Waals surface area contributed by atoms with Crippen molar-refractivity contribution in [3.63, 3.8) is 0 Å². The predicted molar refractivity (Wildman–Crippen MR) is 107 cm³/mol. The molecule has 0 amide bonds. The zero-order valence-electron chi connectivity index (χ0n) is 19.1. The molecule has 39 heavy (non-hydrogen) atoms. The first-order valence-electron chi connectivity index (χ1n) is 10.6. The van der Waals surface area contributed by atoms with E-state index in [1.54, 1.807) is 0 Å². The van der Waals surface area contributed by atoms with Gasteiger partial charge in [-0.1, -0.05) is 60.7 Å². The Morgan fingerprint density at radius 3 is 1.44 bits per heavy atom. The molecule has 2 aromatic carbocycles. The molecular weight excluding hydrogens is 564 g/mol. The standard InChI is InChI=1S/C23H16F12N2O2/c24-20(25,26)18(38,21(27,28)29)11-36-13-37(12-19(39,22(30,31)32)23(33,34)35)17(15-9-5-2-6-10-15)16(36)14-7-3-1-4-8-14/h1-10,13,38H,11-12H2. The van der Waals surface area contributed by atoms with Gasteiger partial charge in [0.05, 0.1) is 6.54 Å². The SMILES string of the molecule is [O-]C(C[n+]1cn(CC(O)(C(F)(F)F)C(F)(F)F)c(-c2ccccc2)c1-c1ccccc1)(C(F)(F)F)C(F)(F)F. The highest BCUT2D eigenvalue weighted by atomic mass is 19.4. The average Bonchev–Trinajstić information content (AvgIpc) is 3.14. The molecule has 16 heteroatoms. The lowest BCUT2D eigenvalue weighted by molar-refractivity contribution is -0.754. The van der Waals surface area contributed by atoms with Crippen LogP contribution in [0.2, 0.25) is 0 Å². The minimum Gasteiger partial charge on any atom is -0.833 e. The second-order valence-electron chi connectivity index (χ2n) is 8.48. The molecule has 0 fully saturated rings. The lowest BCUT2D eigenvalue weighted by atomic mass is 10.00. The van der Waals surface area contributed by atoms with Gasteiger partial charge in [-0.15, -0.1) is 0 Å². The summed E-state index contributed by atoms with van der Waals surface area (Å²) >= 11 is 0. The third-order valence-electron chi connectivity index (χ3n) is 5.82. The van der Waals surface area contributed by atoms with Gasteiger partial charge in [-0.3, -0.25) is 0 Å². The molecule has 0 saturated carbocycles. The van der Waals surface area contributed by atoms with E-state index in [0.717, 1.165) is 24.3 Å². The first-order valence-corrected chi connectivity index (χ1v) is 10.6. The van der Waals surface area contributed by atoms with Crippen molar-refractivity contribution in [2.75, 3.05) is 0 Å². The summed E-state index contributed by atoms with van der Waals surface area (Å²) < 4.78 is 162. The number of aliphatic hydroxyl groups is 1. The van der Waals surface area contributed by atoms with Gasteiger partial charge < -0.3 is 10.2 Å². The lowest BCUT2D eigenvalue weighted by Gasteiger charge is -2.41. The summed E-state index contributed by atoms with van der Waals surface area (Å²) in [6.07, 6.45) is -25.6. The number of aromatic nitrogens is 2. The Labute approximate surface area is 211 Å². The second kappa shape index (κ2) is 9.73. The second-order valence-corrected chi connectivity index (χ2v) is 8.48. The third kappa shape index (κ3) is 5.44. The van der Waals surface area contributed by atoms with Crippen LogP contribution in [0.4, 0.5) is 52.7 Å². The highest BCUT2D eigenvalue weighted by Crippen LogP contribution is 2.46. The van der Waals surface area contributed by atoms with E-state index in [9.17, 15) is 62.9 Å². The van der Waals surface area contributed by atoms with Gasteiger partial charge in [0.15, 0.2) is 11.4 Å². The maximum absolute atomic E-state index is 13.5. The van der Waals surface area contributed by atoms with Gasteiger partial charge in [0.2, 0.25) is 6.33 Å². The van der Waals surface area contributed by atoms with Gasteiger partial charge in [0, 0.05) is 11.1 Å². The Morgan fingerprint density at radius 1 is 0.641 bits per heavy atom. The summed E-state index contributed by atoms with van der Waals surface area (Å²) in [6.45, 7) is -4.92. The molecule has 0 spiro atoms. The van der Waals surface area contributed by atoms with Crippen molar-refractivity contribution in [1.29, 1.82) is 0 Å². The minimum absolute atomic E-state index is 0.0151. The van der Waals surface area contributed by atoms with Crippen molar-refractivity contribution < 1.29 is 67.5 Å². The maximum atomic E-state index is 13.5. The molecule has 1 heterocycles. The highest BCUT2D eigenvalue weighted by molar-refractivity contribution is 5.76. The van der Waals surface area contributed by atoms with E-state index in [1.807, 2.05) is 0 Å². The van der Waals surface area contributed by atoms with Gasteiger partial charge >= 0.3 is 24.7 Å². The quantitative estimate of drug-likeness (QED) is 0.323. The van der Waals surface area contributed by atoms with Crippen LogP contribution < -0.4 is 9.67 Å². The minimum atomic E-state index is -6.47. The summed E-state index contributed by atoms with van der Waals surface area (Å²) in [5.74, 6) is 0. The zero-order valence-corrected chi connectivity index (χ0v) is 19.1. The maximum Gasteiger partial charge on any atom is 0.430 e. The van der Waals surface area contributed by atoms with Gasteiger partial charge in [0.25, 0.3) is 5.60 Å². The molecule has 0 radical (unpaired) electrons. The van der Waals surface area contributed by atoms with Gasteiger partial charge in [-0.05, 0) is 0 Å². The Kier molecular flexibility index (Phi) is 7.55. The Hall–Kier alpha value is -3.27. The van der Waals surface area contributed by atoms with E-state index in [0.29, 0.717) is 0 Å². The molecule has 0 bridgehead atoms. The van der Waals surface area contributed by atoms with Crippen molar-refractivity contribution in [3.8, 4) is 22.5 Å². The fourth-order valence-electron chi connectivity index (χ4n) is 3.76. The molecule has 1 aromatic heterocycles. The lowest BCUT2D eigenvalue weighted by Crippen LogP contribution is -2.72. The van der Waals surface area contributed by atoms with Crippen molar-refractivity contribution in [1.82, 2.24) is 4.57 Å². The molecule has 4 nitrogen and oxygen atoms in total. The smallest absolute Gasteiger partial charge is 0.430 e. The predicted octanol–water partition coefficient (Wildman–Crippen LogP) is 5.19. The molecule has 214 valence electrons. The van der Waals surface area contributed by atoms with Crippen molar-refractivity contribution in [2.45, 2.75) is 49.0 Å². The average molecular weight is 580 g/mol. The number of imidazole rings is 1. The molecular formula is C23H16F12N2O2. The summed E-state index contributed by atoms with van der Waals surface area (Å²) in [5, 5.41) is 22.0. The molecule has 1 N–H and O–H groups in total. The number of nitrogens with zero attached hydrogens (tertiary/aromatic N) is 2. The van der Waals surface area contributed by atoms with E-state index >= 15 is 0 Å². The molecule has 3 aromatic rings. The zero-order chi connectivity index (χ0) is 29.7. The molecule has 0 unspecified atom stereocenters. The van der Waals surface area contributed by atoms with E-state index in [1.165, 1.54) is 36.4 Å². The summed E-state index contributed by atoms with van der Waals surface area (Å²) in [4.78, 5) is 0. The fourth-order valence-corrected chi connectivity index (χ4v) is 3.76. The third-order valence-corrected chi connectivity index (χ3v) is 5.82. The van der Waals surface area contributed by atoms with E-state index in [2.05, 4.69) is 0 Å². The van der Waals surface area contributed by atoms with Crippen molar-refractivity contribution in [2.24, 2.45) is 0 Å². The topological polar surface area (TPSA) is 52.1 Å². The normalized spacial score (nSPS) is 14.1. The molecule has 0 aliphatic carbocycles. The Balaban J connectivity index is 2.43. The summed E-state index contributed by atoms with van der Waals surface area (Å²) in [6, 6.07) is 12.1. The van der Waals surface area contributed by atoms with Crippen LogP contribution in [0.25, 0.3) is 22.5 Å². The number of alkyl halides is 12. The van der Waals surface area contributed by atoms with E-state index < -0.39 is 60.4 Å². The van der Waals surface area contributed by atoms with Crippen LogP contribution in [0.5, 0.6) is 0 Å². The van der Waals surface area contributed by atoms with Gasteiger partial charge in [-0.25, -0.2) is 9.13 Å². The first-order chi connectivity index (χ1) is 17.6.